The molecule has 94 valence electrons. The topological polar surface area (TPSA) is 36.4 Å². The van der Waals surface area contributed by atoms with Crippen LogP contribution < -0.4 is 10.6 Å². The highest BCUT2D eigenvalue weighted by Gasteiger charge is 2.30. The lowest BCUT2D eigenvalue weighted by Gasteiger charge is -2.23. The Morgan fingerprint density at radius 1 is 1.35 bits per heavy atom. The largest absolute Gasteiger partial charge is 0.351 e. The number of anilines is 1. The molecule has 2 heterocycles. The molecule has 1 unspecified atom stereocenters. The van der Waals surface area contributed by atoms with Crippen molar-refractivity contribution in [2.75, 3.05) is 5.32 Å². The number of thiophene rings is 1. The molecule has 5 heteroatoms. The highest BCUT2D eigenvalue weighted by molar-refractivity contribution is 7.09. The van der Waals surface area contributed by atoms with Gasteiger partial charge >= 0.3 is 0 Å². The molecular formula is C12H18ClN3S. The standard InChI is InChI=1S/C11H14ClN3S.CH4/c12-7-5-16-6-10(7)15-11-13-8-3-1-2-4-9(8)14-11;/h5-6,8-9H,1-4H2,(H2,13,14,15);1H4/t8-,9?;/m0./s1. The molecule has 0 bridgehead atoms. The Kier molecular flexibility index (Phi) is 3.94. The van der Waals surface area contributed by atoms with Crippen molar-refractivity contribution in [3.63, 3.8) is 0 Å². The van der Waals surface area contributed by atoms with Crippen molar-refractivity contribution < 1.29 is 0 Å². The van der Waals surface area contributed by atoms with Crippen LogP contribution in [0.4, 0.5) is 5.69 Å². The van der Waals surface area contributed by atoms with Gasteiger partial charge in [0.2, 0.25) is 0 Å². The number of hydrogen-bond donors (Lipinski definition) is 2. The Labute approximate surface area is 111 Å². The summed E-state index contributed by atoms with van der Waals surface area (Å²) in [5.41, 5.74) is 0.955. The van der Waals surface area contributed by atoms with Gasteiger partial charge in [-0.25, -0.2) is 4.99 Å². The van der Waals surface area contributed by atoms with Crippen LogP contribution in [-0.2, 0) is 0 Å². The molecule has 1 aliphatic carbocycles. The third-order valence-corrected chi connectivity index (χ3v) is 4.40. The predicted octanol–water partition coefficient (Wildman–Crippen LogP) is 3.72. The van der Waals surface area contributed by atoms with E-state index in [-0.39, 0.29) is 7.43 Å². The molecule has 1 fully saturated rings. The molecule has 2 aliphatic rings. The van der Waals surface area contributed by atoms with E-state index < -0.39 is 0 Å². The van der Waals surface area contributed by atoms with Gasteiger partial charge in [-0.15, -0.1) is 11.3 Å². The van der Waals surface area contributed by atoms with Crippen LogP contribution in [0, 0.1) is 0 Å². The summed E-state index contributed by atoms with van der Waals surface area (Å²) in [4.78, 5) is 4.67. The lowest BCUT2D eigenvalue weighted by Crippen LogP contribution is -2.38. The maximum absolute atomic E-state index is 6.04. The number of fused-ring (bicyclic) bond motifs is 1. The fourth-order valence-corrected chi connectivity index (χ4v) is 3.34. The normalized spacial score (nSPS) is 26.5. The van der Waals surface area contributed by atoms with Crippen molar-refractivity contribution >= 4 is 34.6 Å². The summed E-state index contributed by atoms with van der Waals surface area (Å²) in [5, 5.41) is 11.4. The van der Waals surface area contributed by atoms with Gasteiger partial charge in [-0.2, -0.15) is 0 Å². The zero-order valence-electron chi connectivity index (χ0n) is 8.87. The number of rotatable bonds is 1. The van der Waals surface area contributed by atoms with Crippen molar-refractivity contribution in [3.05, 3.63) is 15.8 Å². The van der Waals surface area contributed by atoms with Crippen LogP contribution in [0.1, 0.15) is 33.1 Å². The quantitative estimate of drug-likeness (QED) is 0.817. The first-order valence-electron chi connectivity index (χ1n) is 5.66. The minimum atomic E-state index is 0. The fraction of sp³-hybridized carbons (Fsp3) is 0.583. The van der Waals surface area contributed by atoms with Crippen molar-refractivity contribution in [1.82, 2.24) is 5.32 Å². The van der Waals surface area contributed by atoms with E-state index in [1.54, 1.807) is 11.3 Å². The van der Waals surface area contributed by atoms with Gasteiger partial charge in [-0.1, -0.05) is 31.9 Å². The van der Waals surface area contributed by atoms with E-state index in [4.69, 9.17) is 11.6 Å². The molecule has 1 aromatic rings. The van der Waals surface area contributed by atoms with Gasteiger partial charge in [-0.05, 0) is 12.8 Å². The van der Waals surface area contributed by atoms with E-state index in [9.17, 15) is 0 Å². The second kappa shape index (κ2) is 5.27. The maximum atomic E-state index is 6.04. The van der Waals surface area contributed by atoms with Crippen LogP contribution in [0.3, 0.4) is 0 Å². The fourth-order valence-electron chi connectivity index (χ4n) is 2.38. The minimum absolute atomic E-state index is 0. The van der Waals surface area contributed by atoms with Gasteiger partial charge in [-0.3, -0.25) is 0 Å². The van der Waals surface area contributed by atoms with E-state index in [1.807, 2.05) is 10.8 Å². The van der Waals surface area contributed by atoms with Crippen LogP contribution in [0.25, 0.3) is 0 Å². The summed E-state index contributed by atoms with van der Waals surface area (Å²) in [6.07, 6.45) is 5.06. The Morgan fingerprint density at radius 3 is 2.88 bits per heavy atom. The smallest absolute Gasteiger partial charge is 0.196 e. The molecule has 0 radical (unpaired) electrons. The summed E-state index contributed by atoms with van der Waals surface area (Å²) in [6.45, 7) is 0. The summed E-state index contributed by atoms with van der Waals surface area (Å²) in [5.74, 6) is 0.886. The molecule has 1 aromatic heterocycles. The van der Waals surface area contributed by atoms with Crippen LogP contribution >= 0.6 is 22.9 Å². The molecule has 2 atom stereocenters. The predicted molar refractivity (Wildman–Crippen MR) is 76.3 cm³/mol. The van der Waals surface area contributed by atoms with Crippen LogP contribution in [0.15, 0.2) is 15.8 Å². The number of halogens is 1. The molecule has 0 spiro atoms. The highest BCUT2D eigenvalue weighted by Crippen LogP contribution is 2.28. The Bertz CT molecular complexity index is 416. The Balaban J connectivity index is 0.00000108. The summed E-state index contributed by atoms with van der Waals surface area (Å²) < 4.78 is 0. The van der Waals surface area contributed by atoms with Gasteiger partial charge < -0.3 is 10.6 Å². The van der Waals surface area contributed by atoms with Gasteiger partial charge in [0.15, 0.2) is 5.96 Å². The molecule has 1 saturated carbocycles. The van der Waals surface area contributed by atoms with E-state index in [0.29, 0.717) is 12.1 Å². The third-order valence-electron chi connectivity index (χ3n) is 3.21. The molecule has 3 nitrogen and oxygen atoms in total. The zero-order valence-corrected chi connectivity index (χ0v) is 10.4. The summed E-state index contributed by atoms with van der Waals surface area (Å²) >= 11 is 7.63. The minimum Gasteiger partial charge on any atom is -0.351 e. The van der Waals surface area contributed by atoms with Crippen molar-refractivity contribution in [2.45, 2.75) is 45.2 Å². The summed E-state index contributed by atoms with van der Waals surface area (Å²) in [6, 6.07) is 1.00. The first-order valence-corrected chi connectivity index (χ1v) is 6.98. The van der Waals surface area contributed by atoms with Crippen LogP contribution in [0.5, 0.6) is 0 Å². The zero-order chi connectivity index (χ0) is 11.0. The second-order valence-electron chi connectivity index (χ2n) is 4.34. The molecule has 3 rings (SSSR count). The van der Waals surface area contributed by atoms with E-state index in [1.165, 1.54) is 25.7 Å². The molecule has 0 saturated heterocycles. The lowest BCUT2D eigenvalue weighted by atomic mass is 9.92. The Morgan fingerprint density at radius 2 is 2.18 bits per heavy atom. The highest BCUT2D eigenvalue weighted by atomic mass is 35.5. The Hall–Kier alpha value is -0.740. The van der Waals surface area contributed by atoms with Crippen LogP contribution in [0.2, 0.25) is 5.02 Å². The SMILES string of the molecule is C.Clc1cscc1NC1=NC2CCCC[C@@H]2N1. The number of aliphatic imine (C=N–C) groups is 1. The first-order chi connectivity index (χ1) is 7.83. The molecule has 1 aliphatic heterocycles. The average molecular weight is 272 g/mol. The molecule has 17 heavy (non-hydrogen) atoms. The molecule has 0 amide bonds. The second-order valence-corrected chi connectivity index (χ2v) is 5.49. The number of nitrogens with zero attached hydrogens (tertiary/aromatic N) is 1. The van der Waals surface area contributed by atoms with Crippen molar-refractivity contribution in [2.24, 2.45) is 4.99 Å². The average Bonchev–Trinajstić information content (AvgIpc) is 2.85. The molecule has 0 aromatic carbocycles. The van der Waals surface area contributed by atoms with Gasteiger partial charge in [0.1, 0.15) is 0 Å². The van der Waals surface area contributed by atoms with Gasteiger partial charge in [0.05, 0.1) is 22.8 Å². The van der Waals surface area contributed by atoms with Crippen molar-refractivity contribution in [1.29, 1.82) is 0 Å². The number of nitrogens with one attached hydrogen (secondary N) is 2. The van der Waals surface area contributed by atoms with Crippen molar-refractivity contribution in [3.8, 4) is 0 Å². The van der Waals surface area contributed by atoms with Gasteiger partial charge in [0.25, 0.3) is 0 Å². The maximum Gasteiger partial charge on any atom is 0.196 e. The third kappa shape index (κ3) is 2.58. The molecular weight excluding hydrogens is 254 g/mol. The summed E-state index contributed by atoms with van der Waals surface area (Å²) in [7, 11) is 0. The molecule has 2 N–H and O–H groups in total. The van der Waals surface area contributed by atoms with E-state index >= 15 is 0 Å². The van der Waals surface area contributed by atoms with Crippen LogP contribution in [-0.4, -0.2) is 18.0 Å². The lowest BCUT2D eigenvalue weighted by molar-refractivity contribution is 0.384. The number of guanidine groups is 1. The van der Waals surface area contributed by atoms with E-state index in [0.717, 1.165) is 16.7 Å². The van der Waals surface area contributed by atoms with E-state index in [2.05, 4.69) is 15.6 Å². The number of hydrogen-bond acceptors (Lipinski definition) is 4. The monoisotopic (exact) mass is 271 g/mol. The van der Waals surface area contributed by atoms with Gasteiger partial charge in [0, 0.05) is 10.8 Å². The first kappa shape index (κ1) is 12.7.